The molecule has 1 N–H and O–H groups in total. The van der Waals surface area contributed by atoms with Gasteiger partial charge in [-0.1, -0.05) is 0 Å². The van der Waals surface area contributed by atoms with Crippen LogP contribution in [-0.2, 0) is 11.2 Å². The number of halogens is 1. The van der Waals surface area contributed by atoms with Crippen molar-refractivity contribution in [3.8, 4) is 11.5 Å². The third kappa shape index (κ3) is 2.02. The highest BCUT2D eigenvalue weighted by Crippen LogP contribution is 2.32. The van der Waals surface area contributed by atoms with Crippen molar-refractivity contribution in [2.24, 2.45) is 0 Å². The maximum Gasteiger partial charge on any atom is 0.163 e. The summed E-state index contributed by atoms with van der Waals surface area (Å²) in [5.74, 6) is -0.535. The van der Waals surface area contributed by atoms with E-state index in [1.54, 1.807) is 0 Å². The molecule has 0 unspecified atom stereocenters. The molecule has 0 aliphatic carbocycles. The van der Waals surface area contributed by atoms with Gasteiger partial charge in [-0.05, 0) is 18.6 Å². The Hall–Kier alpha value is -1.58. The fourth-order valence-corrected chi connectivity index (χ4v) is 1.20. The third-order valence-electron chi connectivity index (χ3n) is 1.92. The Bertz CT molecular complexity index is 336. The lowest BCUT2D eigenvalue weighted by Gasteiger charge is -2.08. The molecule has 0 bridgehead atoms. The van der Waals surface area contributed by atoms with Gasteiger partial charge >= 0.3 is 0 Å². The molecule has 0 aliphatic rings. The fraction of sp³-hybridized carbons (Fsp3) is 0.300. The highest BCUT2D eigenvalue weighted by atomic mass is 19.1. The van der Waals surface area contributed by atoms with Gasteiger partial charge in [-0.15, -0.1) is 0 Å². The van der Waals surface area contributed by atoms with Crippen LogP contribution in [-0.4, -0.2) is 18.5 Å². The standard InChI is InChI=1S/C10H11FO3/c1-14-9-5-4-8(11)7(10(9)13)3-2-6-12/h4-6,13H,2-3H2,1H3. The van der Waals surface area contributed by atoms with Gasteiger partial charge in [0.15, 0.2) is 11.5 Å². The van der Waals surface area contributed by atoms with E-state index < -0.39 is 5.82 Å². The molecule has 14 heavy (non-hydrogen) atoms. The molecule has 1 aromatic carbocycles. The first-order valence-electron chi connectivity index (χ1n) is 4.18. The molecule has 0 fully saturated rings. The Balaban J connectivity index is 3.04. The van der Waals surface area contributed by atoms with E-state index in [9.17, 15) is 14.3 Å². The molecule has 1 aromatic rings. The molecule has 0 saturated heterocycles. The SMILES string of the molecule is COc1ccc(F)c(CCC=O)c1O. The highest BCUT2D eigenvalue weighted by Gasteiger charge is 2.12. The van der Waals surface area contributed by atoms with Crippen LogP contribution in [0.2, 0.25) is 0 Å². The van der Waals surface area contributed by atoms with Gasteiger partial charge in [0.25, 0.3) is 0 Å². The summed E-state index contributed by atoms with van der Waals surface area (Å²) < 4.78 is 18.0. The van der Waals surface area contributed by atoms with Crippen LogP contribution < -0.4 is 4.74 Å². The van der Waals surface area contributed by atoms with Crippen molar-refractivity contribution in [2.45, 2.75) is 12.8 Å². The zero-order valence-electron chi connectivity index (χ0n) is 7.79. The highest BCUT2D eigenvalue weighted by molar-refractivity contribution is 5.52. The molecule has 0 heterocycles. The Morgan fingerprint density at radius 2 is 2.29 bits per heavy atom. The lowest BCUT2D eigenvalue weighted by atomic mass is 10.1. The van der Waals surface area contributed by atoms with E-state index in [0.717, 1.165) is 0 Å². The maximum absolute atomic E-state index is 13.2. The summed E-state index contributed by atoms with van der Waals surface area (Å²) in [6.07, 6.45) is 1.04. The van der Waals surface area contributed by atoms with Gasteiger partial charge in [0.2, 0.25) is 0 Å². The van der Waals surface area contributed by atoms with Crippen molar-refractivity contribution in [2.75, 3.05) is 7.11 Å². The summed E-state index contributed by atoms with van der Waals surface area (Å²) >= 11 is 0. The zero-order chi connectivity index (χ0) is 10.6. The van der Waals surface area contributed by atoms with Crippen molar-refractivity contribution < 1.29 is 19.0 Å². The molecule has 0 saturated carbocycles. The van der Waals surface area contributed by atoms with Crippen LogP contribution in [0.15, 0.2) is 12.1 Å². The average molecular weight is 198 g/mol. The molecule has 3 nitrogen and oxygen atoms in total. The molecule has 0 spiro atoms. The maximum atomic E-state index is 13.2. The number of benzene rings is 1. The Morgan fingerprint density at radius 3 is 2.86 bits per heavy atom. The number of rotatable bonds is 4. The lowest BCUT2D eigenvalue weighted by Crippen LogP contribution is -1.95. The minimum atomic E-state index is -0.523. The molecule has 76 valence electrons. The second kappa shape index (κ2) is 4.60. The number of carbonyl (C=O) groups excluding carboxylic acids is 1. The number of aromatic hydroxyl groups is 1. The van der Waals surface area contributed by atoms with Crippen LogP contribution in [0.3, 0.4) is 0 Å². The molecule has 1 rings (SSSR count). The minimum absolute atomic E-state index is 0.122. The second-order valence-corrected chi connectivity index (χ2v) is 2.78. The summed E-state index contributed by atoms with van der Waals surface area (Å²) in [7, 11) is 1.39. The van der Waals surface area contributed by atoms with Gasteiger partial charge in [0.1, 0.15) is 12.1 Å². The lowest BCUT2D eigenvalue weighted by molar-refractivity contribution is -0.107. The summed E-state index contributed by atoms with van der Waals surface area (Å²) in [4.78, 5) is 10.1. The molecule has 4 heteroatoms. The van der Waals surface area contributed by atoms with Gasteiger partial charge in [0, 0.05) is 12.0 Å². The van der Waals surface area contributed by atoms with Gasteiger partial charge in [0.05, 0.1) is 7.11 Å². The topological polar surface area (TPSA) is 46.5 Å². The summed E-state index contributed by atoms with van der Waals surface area (Å²) in [6.45, 7) is 0. The Labute approximate surface area is 81.1 Å². The normalized spacial score (nSPS) is 9.86. The smallest absolute Gasteiger partial charge is 0.163 e. The summed E-state index contributed by atoms with van der Waals surface area (Å²) in [5.41, 5.74) is 0.122. The number of phenolic OH excluding ortho intramolecular Hbond substituents is 1. The fourth-order valence-electron chi connectivity index (χ4n) is 1.20. The first-order chi connectivity index (χ1) is 6.70. The first-order valence-corrected chi connectivity index (χ1v) is 4.18. The van der Waals surface area contributed by atoms with E-state index in [1.807, 2.05) is 0 Å². The van der Waals surface area contributed by atoms with Crippen LogP contribution >= 0.6 is 0 Å². The van der Waals surface area contributed by atoms with Crippen molar-refractivity contribution in [3.05, 3.63) is 23.5 Å². The van der Waals surface area contributed by atoms with E-state index in [0.29, 0.717) is 6.29 Å². The number of aldehydes is 1. The average Bonchev–Trinajstić information content (AvgIpc) is 2.18. The van der Waals surface area contributed by atoms with Crippen LogP contribution in [0.4, 0.5) is 4.39 Å². The predicted octanol–water partition coefficient (Wildman–Crippen LogP) is 1.67. The minimum Gasteiger partial charge on any atom is -0.504 e. The molecule has 0 aliphatic heterocycles. The van der Waals surface area contributed by atoms with Crippen LogP contribution in [0.25, 0.3) is 0 Å². The number of methoxy groups -OCH3 is 1. The van der Waals surface area contributed by atoms with Crippen LogP contribution in [0, 0.1) is 5.82 Å². The van der Waals surface area contributed by atoms with Crippen LogP contribution in [0.1, 0.15) is 12.0 Å². The molecular weight excluding hydrogens is 187 g/mol. The quantitative estimate of drug-likeness (QED) is 0.748. The molecular formula is C10H11FO3. The number of phenols is 1. The second-order valence-electron chi connectivity index (χ2n) is 2.78. The van der Waals surface area contributed by atoms with Crippen molar-refractivity contribution in [1.82, 2.24) is 0 Å². The van der Waals surface area contributed by atoms with E-state index in [1.165, 1.54) is 19.2 Å². The molecule has 0 amide bonds. The van der Waals surface area contributed by atoms with E-state index in [4.69, 9.17) is 4.74 Å². The van der Waals surface area contributed by atoms with Gasteiger partial charge < -0.3 is 14.6 Å². The van der Waals surface area contributed by atoms with Gasteiger partial charge in [-0.25, -0.2) is 4.39 Å². The van der Waals surface area contributed by atoms with Crippen LogP contribution in [0.5, 0.6) is 11.5 Å². The zero-order valence-corrected chi connectivity index (χ0v) is 7.79. The van der Waals surface area contributed by atoms with Crippen molar-refractivity contribution in [3.63, 3.8) is 0 Å². The molecule has 0 aromatic heterocycles. The summed E-state index contributed by atoms with van der Waals surface area (Å²) in [6, 6.07) is 2.55. The Kier molecular flexibility index (Phi) is 3.45. The number of carbonyl (C=O) groups is 1. The predicted molar refractivity (Wildman–Crippen MR) is 49.0 cm³/mol. The largest absolute Gasteiger partial charge is 0.504 e. The third-order valence-corrected chi connectivity index (χ3v) is 1.92. The van der Waals surface area contributed by atoms with Crippen molar-refractivity contribution >= 4 is 6.29 Å². The number of hydrogen-bond donors (Lipinski definition) is 1. The van der Waals surface area contributed by atoms with Crippen molar-refractivity contribution in [1.29, 1.82) is 0 Å². The molecule has 0 radical (unpaired) electrons. The summed E-state index contributed by atoms with van der Waals surface area (Å²) in [5, 5.41) is 9.52. The molecule has 0 atom stereocenters. The van der Waals surface area contributed by atoms with E-state index in [2.05, 4.69) is 0 Å². The monoisotopic (exact) mass is 198 g/mol. The van der Waals surface area contributed by atoms with E-state index in [-0.39, 0.29) is 29.9 Å². The van der Waals surface area contributed by atoms with E-state index >= 15 is 0 Å². The van der Waals surface area contributed by atoms with Gasteiger partial charge in [-0.2, -0.15) is 0 Å². The number of ether oxygens (including phenoxy) is 1. The van der Waals surface area contributed by atoms with Gasteiger partial charge in [-0.3, -0.25) is 0 Å². The Morgan fingerprint density at radius 1 is 1.57 bits per heavy atom. The number of hydrogen-bond acceptors (Lipinski definition) is 3. The first kappa shape index (κ1) is 10.5.